The molecule has 0 spiro atoms. The van der Waals surface area contributed by atoms with E-state index in [4.69, 9.17) is 0 Å². The lowest BCUT2D eigenvalue weighted by atomic mass is 9.78. The number of halogens is 3. The maximum atomic E-state index is 13.0. The van der Waals surface area contributed by atoms with Gasteiger partial charge in [0.25, 0.3) is 0 Å². The number of benzene rings is 1. The molecule has 0 aromatic heterocycles. The highest BCUT2D eigenvalue weighted by atomic mass is 32.2. The molecule has 0 heterocycles. The molecular formula is C15H20F3NO2S. The van der Waals surface area contributed by atoms with Gasteiger partial charge in [-0.1, -0.05) is 38.8 Å². The highest BCUT2D eigenvalue weighted by Gasteiger charge is 2.38. The molecule has 124 valence electrons. The minimum Gasteiger partial charge on any atom is -0.208 e. The molecule has 1 aromatic carbocycles. The van der Waals surface area contributed by atoms with Crippen LogP contribution in [-0.2, 0) is 16.2 Å². The van der Waals surface area contributed by atoms with Crippen molar-refractivity contribution in [1.82, 2.24) is 4.72 Å². The third-order valence-electron chi connectivity index (χ3n) is 4.50. The van der Waals surface area contributed by atoms with Gasteiger partial charge in [-0.15, -0.1) is 0 Å². The van der Waals surface area contributed by atoms with Crippen LogP contribution < -0.4 is 4.72 Å². The maximum Gasteiger partial charge on any atom is 0.417 e. The quantitative estimate of drug-likeness (QED) is 0.913. The van der Waals surface area contributed by atoms with Crippen LogP contribution >= 0.6 is 0 Å². The van der Waals surface area contributed by atoms with Crippen LogP contribution in [-0.4, -0.2) is 14.5 Å². The average molecular weight is 335 g/mol. The van der Waals surface area contributed by atoms with Crippen LogP contribution in [0, 0.1) is 11.8 Å². The second-order valence-electron chi connectivity index (χ2n) is 5.99. The standard InChI is InChI=1S/C15H20F3NO2S/c1-10-6-5-8-13(11(10)2)19-22(20,21)14-9-4-3-7-12(14)15(16,17)18/h3-4,7,9-11,13,19H,5-6,8H2,1-2H3. The van der Waals surface area contributed by atoms with Crippen LogP contribution in [0.3, 0.4) is 0 Å². The number of nitrogens with one attached hydrogen (secondary N) is 1. The van der Waals surface area contributed by atoms with E-state index in [9.17, 15) is 21.6 Å². The van der Waals surface area contributed by atoms with Crippen LogP contribution in [0.2, 0.25) is 0 Å². The summed E-state index contributed by atoms with van der Waals surface area (Å²) in [5, 5.41) is 0. The van der Waals surface area contributed by atoms with Crippen LogP contribution in [0.5, 0.6) is 0 Å². The van der Waals surface area contributed by atoms with Gasteiger partial charge in [0.05, 0.1) is 10.5 Å². The number of rotatable bonds is 3. The van der Waals surface area contributed by atoms with E-state index in [1.807, 2.05) is 13.8 Å². The zero-order valence-corrected chi connectivity index (χ0v) is 13.3. The SMILES string of the molecule is CC1CCCC(NS(=O)(=O)c2ccccc2C(F)(F)F)C1C. The zero-order chi connectivity index (χ0) is 16.5. The Hall–Kier alpha value is -1.08. The Labute approximate surface area is 129 Å². The predicted molar refractivity (Wildman–Crippen MR) is 77.7 cm³/mol. The minimum atomic E-state index is -4.70. The monoisotopic (exact) mass is 335 g/mol. The fourth-order valence-electron chi connectivity index (χ4n) is 2.95. The normalized spacial score (nSPS) is 26.9. The Kier molecular flexibility index (Phi) is 4.87. The smallest absolute Gasteiger partial charge is 0.208 e. The molecule has 3 atom stereocenters. The molecule has 0 saturated heterocycles. The number of alkyl halides is 3. The molecule has 1 aliphatic rings. The molecule has 1 aliphatic carbocycles. The van der Waals surface area contributed by atoms with Crippen molar-refractivity contribution in [3.8, 4) is 0 Å². The molecule has 22 heavy (non-hydrogen) atoms. The van der Waals surface area contributed by atoms with Gasteiger partial charge in [-0.25, -0.2) is 13.1 Å². The average Bonchev–Trinajstić information content (AvgIpc) is 2.43. The first kappa shape index (κ1) is 17.3. The molecule has 0 aliphatic heterocycles. The van der Waals surface area contributed by atoms with Gasteiger partial charge in [-0.3, -0.25) is 0 Å². The summed E-state index contributed by atoms with van der Waals surface area (Å²) in [4.78, 5) is -0.701. The Morgan fingerprint density at radius 3 is 2.41 bits per heavy atom. The number of hydrogen-bond donors (Lipinski definition) is 1. The highest BCUT2D eigenvalue weighted by Crippen LogP contribution is 2.35. The van der Waals surface area contributed by atoms with E-state index in [0.29, 0.717) is 12.3 Å². The summed E-state index contributed by atoms with van der Waals surface area (Å²) in [6.45, 7) is 3.97. The molecule has 1 fully saturated rings. The van der Waals surface area contributed by atoms with Crippen LogP contribution in [0.25, 0.3) is 0 Å². The van der Waals surface area contributed by atoms with Gasteiger partial charge in [0, 0.05) is 6.04 Å². The molecular weight excluding hydrogens is 315 g/mol. The van der Waals surface area contributed by atoms with Crippen molar-refractivity contribution in [2.75, 3.05) is 0 Å². The van der Waals surface area contributed by atoms with Gasteiger partial charge < -0.3 is 0 Å². The molecule has 1 N–H and O–H groups in total. The van der Waals surface area contributed by atoms with E-state index in [0.717, 1.165) is 25.0 Å². The van der Waals surface area contributed by atoms with Crippen LogP contribution in [0.4, 0.5) is 13.2 Å². The third kappa shape index (κ3) is 3.63. The van der Waals surface area contributed by atoms with Gasteiger partial charge >= 0.3 is 6.18 Å². The van der Waals surface area contributed by atoms with Crippen molar-refractivity contribution in [2.45, 2.75) is 50.2 Å². The first-order valence-corrected chi connectivity index (χ1v) is 8.80. The molecule has 1 aromatic rings. The van der Waals surface area contributed by atoms with E-state index in [-0.39, 0.29) is 12.0 Å². The second-order valence-corrected chi connectivity index (χ2v) is 7.67. The largest absolute Gasteiger partial charge is 0.417 e. The van der Waals surface area contributed by atoms with Crippen molar-refractivity contribution in [3.05, 3.63) is 29.8 Å². The van der Waals surface area contributed by atoms with E-state index < -0.39 is 26.7 Å². The summed E-state index contributed by atoms with van der Waals surface area (Å²) in [6.07, 6.45) is -2.16. The lowest BCUT2D eigenvalue weighted by Crippen LogP contribution is -2.44. The van der Waals surface area contributed by atoms with E-state index >= 15 is 0 Å². The van der Waals surface area contributed by atoms with Crippen molar-refractivity contribution in [1.29, 1.82) is 0 Å². The lowest BCUT2D eigenvalue weighted by molar-refractivity contribution is -0.139. The number of sulfonamides is 1. The Morgan fingerprint density at radius 1 is 1.14 bits per heavy atom. The first-order chi connectivity index (χ1) is 10.1. The van der Waals surface area contributed by atoms with Gasteiger partial charge in [0.1, 0.15) is 0 Å². The van der Waals surface area contributed by atoms with Gasteiger partial charge in [0.2, 0.25) is 10.0 Å². The van der Waals surface area contributed by atoms with E-state index in [2.05, 4.69) is 4.72 Å². The van der Waals surface area contributed by atoms with Crippen LogP contribution in [0.1, 0.15) is 38.7 Å². The van der Waals surface area contributed by atoms with E-state index in [1.54, 1.807) is 0 Å². The second kappa shape index (κ2) is 6.20. The Balaban J connectivity index is 2.32. The minimum absolute atomic E-state index is 0.0987. The zero-order valence-electron chi connectivity index (χ0n) is 12.5. The number of hydrogen-bond acceptors (Lipinski definition) is 2. The van der Waals surface area contributed by atoms with E-state index in [1.165, 1.54) is 12.1 Å². The van der Waals surface area contributed by atoms with Crippen molar-refractivity contribution in [3.63, 3.8) is 0 Å². The fraction of sp³-hybridized carbons (Fsp3) is 0.600. The predicted octanol–water partition coefficient (Wildman–Crippen LogP) is 3.81. The van der Waals surface area contributed by atoms with Crippen molar-refractivity contribution >= 4 is 10.0 Å². The molecule has 2 rings (SSSR count). The summed E-state index contributed by atoms with van der Waals surface area (Å²) >= 11 is 0. The van der Waals surface area contributed by atoms with Crippen LogP contribution in [0.15, 0.2) is 29.2 Å². The Bertz CT molecular complexity index is 628. The summed E-state index contributed by atoms with van der Waals surface area (Å²) in [5.74, 6) is 0.445. The summed E-state index contributed by atoms with van der Waals surface area (Å²) in [7, 11) is -4.20. The highest BCUT2D eigenvalue weighted by molar-refractivity contribution is 7.89. The maximum absolute atomic E-state index is 13.0. The van der Waals surface area contributed by atoms with Gasteiger partial charge in [-0.2, -0.15) is 13.2 Å². The molecule has 0 amide bonds. The first-order valence-electron chi connectivity index (χ1n) is 7.31. The molecule has 1 saturated carbocycles. The van der Waals surface area contributed by atoms with Crippen molar-refractivity contribution < 1.29 is 21.6 Å². The molecule has 0 bridgehead atoms. The molecule has 0 radical (unpaired) electrons. The molecule has 7 heteroatoms. The molecule has 3 nitrogen and oxygen atoms in total. The summed E-state index contributed by atoms with van der Waals surface area (Å²) in [5.41, 5.74) is -1.13. The van der Waals surface area contributed by atoms with Gasteiger partial charge in [0.15, 0.2) is 0 Å². The fourth-order valence-corrected chi connectivity index (χ4v) is 4.54. The topological polar surface area (TPSA) is 46.2 Å². The third-order valence-corrected chi connectivity index (χ3v) is 6.04. The van der Waals surface area contributed by atoms with Gasteiger partial charge in [-0.05, 0) is 30.4 Å². The summed E-state index contributed by atoms with van der Waals surface area (Å²) < 4.78 is 66.3. The van der Waals surface area contributed by atoms with Crippen molar-refractivity contribution in [2.24, 2.45) is 11.8 Å². The summed E-state index contributed by atoms with van der Waals surface area (Å²) in [6, 6.07) is 3.96. The Morgan fingerprint density at radius 2 is 1.77 bits per heavy atom. The lowest BCUT2D eigenvalue weighted by Gasteiger charge is -2.34. The molecule has 3 unspecified atom stereocenters.